The fraction of sp³-hybridized carbons (Fsp3) is 0.0588. The van der Waals surface area contributed by atoms with E-state index in [1.165, 1.54) is 6.20 Å². The molecular formula is C17H14N2O. The summed E-state index contributed by atoms with van der Waals surface area (Å²) in [5.41, 5.74) is 1.80. The maximum absolute atomic E-state index is 12.1. The topological polar surface area (TPSA) is 39.8 Å². The lowest BCUT2D eigenvalue weighted by Crippen LogP contribution is -2.31. The van der Waals surface area contributed by atoms with Crippen LogP contribution in [0.1, 0.15) is 11.1 Å². The highest BCUT2D eigenvalue weighted by Gasteiger charge is 2.02. The number of benzene rings is 2. The van der Waals surface area contributed by atoms with Crippen molar-refractivity contribution in [2.75, 3.05) is 0 Å². The van der Waals surface area contributed by atoms with E-state index < -0.39 is 0 Å². The van der Waals surface area contributed by atoms with Crippen molar-refractivity contribution >= 4 is 22.7 Å². The highest BCUT2D eigenvalue weighted by molar-refractivity contribution is 5.79. The van der Waals surface area contributed by atoms with Crippen molar-refractivity contribution in [3.63, 3.8) is 0 Å². The van der Waals surface area contributed by atoms with Crippen molar-refractivity contribution in [3.8, 4) is 0 Å². The van der Waals surface area contributed by atoms with E-state index in [1.807, 2.05) is 61.7 Å². The van der Waals surface area contributed by atoms with Gasteiger partial charge in [0.1, 0.15) is 6.20 Å². The number of aromatic nitrogens is 2. The van der Waals surface area contributed by atoms with Crippen LogP contribution in [0.25, 0.3) is 22.7 Å². The van der Waals surface area contributed by atoms with Crippen LogP contribution < -0.4 is 9.79 Å². The third-order valence-corrected chi connectivity index (χ3v) is 3.18. The second-order valence-corrected chi connectivity index (χ2v) is 4.74. The predicted molar refractivity (Wildman–Crippen MR) is 77.3 cm³/mol. The van der Waals surface area contributed by atoms with Crippen LogP contribution in [0.4, 0.5) is 0 Å². The van der Waals surface area contributed by atoms with Crippen molar-refractivity contribution in [1.29, 1.82) is 0 Å². The number of aryl methyl sites for hydroxylation is 1. The highest BCUT2D eigenvalue weighted by Crippen LogP contribution is 2.11. The summed E-state index contributed by atoms with van der Waals surface area (Å²) in [4.78, 5) is 0. The number of fused-ring (bicyclic) bond motifs is 1. The normalized spacial score (nSPS) is 11.8. The van der Waals surface area contributed by atoms with Crippen molar-refractivity contribution < 1.29 is 9.79 Å². The Balaban J connectivity index is 1.98. The molecule has 0 N–H and O–H groups in total. The zero-order valence-electron chi connectivity index (χ0n) is 11.2. The summed E-state index contributed by atoms with van der Waals surface area (Å²) in [5.74, 6) is -0.0576. The fourth-order valence-corrected chi connectivity index (χ4v) is 2.03. The zero-order chi connectivity index (χ0) is 13.9. The molecule has 3 aromatic rings. The Morgan fingerprint density at radius 2 is 1.75 bits per heavy atom. The maximum atomic E-state index is 12.1. The molecule has 0 saturated heterocycles. The number of nitrogens with zero attached hydrogens (tertiary/aromatic N) is 2. The average Bonchev–Trinajstić information content (AvgIpc) is 2.48. The molecule has 3 rings (SSSR count). The van der Waals surface area contributed by atoms with Gasteiger partial charge in [0.05, 0.1) is 5.39 Å². The molecule has 0 unspecified atom stereocenters. The average molecular weight is 262 g/mol. The first-order valence-electron chi connectivity index (χ1n) is 6.44. The van der Waals surface area contributed by atoms with Gasteiger partial charge in [-0.05, 0) is 29.4 Å². The molecule has 3 heteroatoms. The number of hydrogen-bond acceptors (Lipinski definition) is 2. The molecule has 98 valence electrons. The van der Waals surface area contributed by atoms with Crippen LogP contribution in [0.3, 0.4) is 0 Å². The molecule has 0 aliphatic carbocycles. The molecule has 0 atom stereocenters. The molecule has 20 heavy (non-hydrogen) atoms. The van der Waals surface area contributed by atoms with Crippen LogP contribution in [0.2, 0.25) is 0 Å². The molecule has 0 radical (unpaired) electrons. The van der Waals surface area contributed by atoms with Crippen LogP contribution in [-0.4, -0.2) is 5.10 Å². The van der Waals surface area contributed by atoms with Gasteiger partial charge in [-0.15, -0.1) is 0 Å². The van der Waals surface area contributed by atoms with Crippen LogP contribution >= 0.6 is 0 Å². The van der Waals surface area contributed by atoms with Crippen molar-refractivity contribution in [2.24, 2.45) is 0 Å². The van der Waals surface area contributed by atoms with Crippen LogP contribution in [0, 0.1) is 6.92 Å². The van der Waals surface area contributed by atoms with E-state index in [4.69, 9.17) is 0 Å². The quantitative estimate of drug-likeness (QED) is 0.524. The van der Waals surface area contributed by atoms with E-state index in [0.29, 0.717) is 5.56 Å². The third kappa shape index (κ3) is 2.52. The molecule has 0 bridgehead atoms. The van der Waals surface area contributed by atoms with Gasteiger partial charge in [0.2, 0.25) is 6.20 Å². The minimum absolute atomic E-state index is 0.0576. The van der Waals surface area contributed by atoms with E-state index in [1.54, 1.807) is 10.9 Å². The van der Waals surface area contributed by atoms with Gasteiger partial charge in [-0.1, -0.05) is 52.7 Å². The van der Waals surface area contributed by atoms with Gasteiger partial charge in [-0.3, -0.25) is 0 Å². The molecule has 0 spiro atoms. The summed E-state index contributed by atoms with van der Waals surface area (Å²) < 4.78 is 1.56. The van der Waals surface area contributed by atoms with Gasteiger partial charge >= 0.3 is 0 Å². The molecular weight excluding hydrogens is 248 g/mol. The molecule has 0 aliphatic heterocycles. The number of hydrogen-bond donors (Lipinski definition) is 0. The Bertz CT molecular complexity index is 776. The maximum Gasteiger partial charge on any atom is 0.210 e. The first kappa shape index (κ1) is 12.4. The molecule has 0 aliphatic rings. The Hall–Kier alpha value is -2.68. The Kier molecular flexibility index (Phi) is 3.17. The van der Waals surface area contributed by atoms with Crippen LogP contribution in [-0.2, 0) is 0 Å². The van der Waals surface area contributed by atoms with Gasteiger partial charge in [0, 0.05) is 5.39 Å². The van der Waals surface area contributed by atoms with Gasteiger partial charge < -0.3 is 5.11 Å². The number of rotatable bonds is 2. The summed E-state index contributed by atoms with van der Waals surface area (Å²) in [6.45, 7) is 2.00. The smallest absolute Gasteiger partial charge is 0.210 e. The van der Waals surface area contributed by atoms with Crippen molar-refractivity contribution in [1.82, 2.24) is 5.10 Å². The molecule has 1 aromatic heterocycles. The lowest BCUT2D eigenvalue weighted by atomic mass is 10.1. The summed E-state index contributed by atoms with van der Waals surface area (Å²) in [7, 11) is 0. The zero-order valence-corrected chi connectivity index (χ0v) is 11.2. The van der Waals surface area contributed by atoms with Crippen molar-refractivity contribution in [3.05, 3.63) is 72.1 Å². The Labute approximate surface area is 117 Å². The SMILES string of the molecule is Cc1ccc(/C([O-])=C/[n+]2cc3ccccc3cn2)cc1. The second kappa shape index (κ2) is 5.13. The molecule has 2 aromatic carbocycles. The minimum atomic E-state index is -0.0576. The fourth-order valence-electron chi connectivity index (χ4n) is 2.03. The Morgan fingerprint density at radius 1 is 1.05 bits per heavy atom. The summed E-state index contributed by atoms with van der Waals surface area (Å²) in [6, 6.07) is 15.4. The van der Waals surface area contributed by atoms with Gasteiger partial charge in [0.15, 0.2) is 6.20 Å². The van der Waals surface area contributed by atoms with Gasteiger partial charge in [0.25, 0.3) is 0 Å². The molecule has 0 amide bonds. The van der Waals surface area contributed by atoms with Crippen molar-refractivity contribution in [2.45, 2.75) is 6.92 Å². The lowest BCUT2D eigenvalue weighted by molar-refractivity contribution is -0.634. The minimum Gasteiger partial charge on any atom is -0.868 e. The first-order chi connectivity index (χ1) is 9.72. The Morgan fingerprint density at radius 3 is 2.50 bits per heavy atom. The summed E-state index contributed by atoms with van der Waals surface area (Å²) in [5, 5.41) is 18.5. The molecule has 3 nitrogen and oxygen atoms in total. The van der Waals surface area contributed by atoms with E-state index >= 15 is 0 Å². The second-order valence-electron chi connectivity index (χ2n) is 4.74. The standard InChI is InChI=1S/C17H14N2O/c1-13-6-8-14(9-7-13)17(20)12-19-11-16-5-3-2-4-15(16)10-18-19/h2-12H,1H3. The van der Waals surface area contributed by atoms with E-state index in [0.717, 1.165) is 16.3 Å². The first-order valence-corrected chi connectivity index (χ1v) is 6.44. The van der Waals surface area contributed by atoms with Gasteiger partial charge in [-0.25, -0.2) is 0 Å². The largest absolute Gasteiger partial charge is 0.868 e. The predicted octanol–water partition coefficient (Wildman–Crippen LogP) is 2.15. The molecule has 0 saturated carbocycles. The van der Waals surface area contributed by atoms with E-state index in [2.05, 4.69) is 5.10 Å². The summed E-state index contributed by atoms with van der Waals surface area (Å²) >= 11 is 0. The van der Waals surface area contributed by atoms with E-state index in [-0.39, 0.29) is 5.76 Å². The monoisotopic (exact) mass is 262 g/mol. The molecule has 1 heterocycles. The lowest BCUT2D eigenvalue weighted by Gasteiger charge is -2.08. The van der Waals surface area contributed by atoms with Gasteiger partial charge in [-0.2, -0.15) is 0 Å². The summed E-state index contributed by atoms with van der Waals surface area (Å²) in [6.07, 6.45) is 5.10. The highest BCUT2D eigenvalue weighted by atomic mass is 16.3. The third-order valence-electron chi connectivity index (χ3n) is 3.18. The van der Waals surface area contributed by atoms with Crippen LogP contribution in [0.5, 0.6) is 0 Å². The van der Waals surface area contributed by atoms with Crippen LogP contribution in [0.15, 0.2) is 60.9 Å². The van der Waals surface area contributed by atoms with E-state index in [9.17, 15) is 5.11 Å². The molecule has 0 fully saturated rings.